The van der Waals surface area contributed by atoms with E-state index in [1.165, 1.54) is 0 Å². The molecule has 2 heterocycles. The van der Waals surface area contributed by atoms with E-state index in [2.05, 4.69) is 16.0 Å². The van der Waals surface area contributed by atoms with Crippen molar-refractivity contribution in [3.63, 3.8) is 0 Å². The van der Waals surface area contributed by atoms with Crippen LogP contribution >= 0.6 is 0 Å². The lowest BCUT2D eigenvalue weighted by atomic mass is 10.0. The van der Waals surface area contributed by atoms with E-state index in [-0.39, 0.29) is 17.7 Å². The summed E-state index contributed by atoms with van der Waals surface area (Å²) in [6.07, 6.45) is 0.393. The summed E-state index contributed by atoms with van der Waals surface area (Å²) in [5.74, 6) is 0.121. The number of anilines is 2. The van der Waals surface area contributed by atoms with Crippen LogP contribution < -0.4 is 16.0 Å². The quantitative estimate of drug-likeness (QED) is 0.687. The van der Waals surface area contributed by atoms with E-state index in [1.54, 1.807) is 0 Å². The summed E-state index contributed by atoms with van der Waals surface area (Å²) in [7, 11) is 0. The largest absolute Gasteiger partial charge is 0.326 e. The molecule has 2 amide bonds. The van der Waals surface area contributed by atoms with E-state index in [4.69, 9.17) is 0 Å². The predicted octanol–water partition coefficient (Wildman–Crippen LogP) is 0.339. The van der Waals surface area contributed by atoms with Crippen LogP contribution in [-0.4, -0.2) is 24.9 Å². The van der Waals surface area contributed by atoms with Gasteiger partial charge in [0.25, 0.3) is 0 Å². The van der Waals surface area contributed by atoms with Crippen LogP contribution in [0.4, 0.5) is 11.4 Å². The first kappa shape index (κ1) is 10.3. The Morgan fingerprint density at radius 3 is 2.88 bits per heavy atom. The molecule has 3 rings (SSSR count). The van der Waals surface area contributed by atoms with Crippen molar-refractivity contribution in [3.8, 4) is 0 Å². The van der Waals surface area contributed by atoms with Crippen LogP contribution in [0.25, 0.3) is 0 Å². The highest BCUT2D eigenvalue weighted by Crippen LogP contribution is 2.26. The van der Waals surface area contributed by atoms with Gasteiger partial charge >= 0.3 is 0 Å². The number of fused-ring (bicyclic) bond motifs is 1. The molecule has 17 heavy (non-hydrogen) atoms. The molecule has 5 heteroatoms. The van der Waals surface area contributed by atoms with Crippen LogP contribution in [0.5, 0.6) is 0 Å². The van der Waals surface area contributed by atoms with Crippen molar-refractivity contribution in [1.29, 1.82) is 0 Å². The molecule has 0 bridgehead atoms. The molecule has 1 aromatic carbocycles. The maximum atomic E-state index is 11.7. The van der Waals surface area contributed by atoms with Gasteiger partial charge in [-0.3, -0.25) is 9.59 Å². The van der Waals surface area contributed by atoms with E-state index in [0.717, 1.165) is 30.0 Å². The number of benzene rings is 1. The number of nitrogens with one attached hydrogen (secondary N) is 3. The first-order valence-corrected chi connectivity index (χ1v) is 5.67. The Bertz CT molecular complexity index is 495. The van der Waals surface area contributed by atoms with E-state index < -0.39 is 0 Å². The fourth-order valence-corrected chi connectivity index (χ4v) is 2.03. The highest BCUT2D eigenvalue weighted by atomic mass is 16.2. The Morgan fingerprint density at radius 2 is 2.18 bits per heavy atom. The smallest absolute Gasteiger partial charge is 0.230 e. The van der Waals surface area contributed by atoms with E-state index >= 15 is 0 Å². The Balaban J connectivity index is 1.74. The summed E-state index contributed by atoms with van der Waals surface area (Å²) in [6, 6.07) is 5.50. The summed E-state index contributed by atoms with van der Waals surface area (Å²) in [6.45, 7) is 1.49. The van der Waals surface area contributed by atoms with Gasteiger partial charge < -0.3 is 16.0 Å². The number of carbonyl (C=O) groups is 2. The molecule has 0 aliphatic carbocycles. The predicted molar refractivity (Wildman–Crippen MR) is 63.8 cm³/mol. The molecule has 0 radical (unpaired) electrons. The molecule has 0 spiro atoms. The fourth-order valence-electron chi connectivity index (χ4n) is 2.03. The standard InChI is InChI=1S/C12H13N3O2/c16-11-4-7-3-9(1-2-10(7)15-11)14-12(17)8-5-13-6-8/h1-3,8,13H,4-6H2,(H,14,17)(H,15,16). The van der Waals surface area contributed by atoms with Crippen LogP contribution in [0.3, 0.4) is 0 Å². The highest BCUT2D eigenvalue weighted by molar-refractivity contribution is 6.00. The minimum atomic E-state index is 0.00618. The lowest BCUT2D eigenvalue weighted by Crippen LogP contribution is -2.48. The summed E-state index contributed by atoms with van der Waals surface area (Å²) in [5.41, 5.74) is 2.55. The van der Waals surface area contributed by atoms with Gasteiger partial charge in [0.1, 0.15) is 0 Å². The topological polar surface area (TPSA) is 70.2 Å². The zero-order chi connectivity index (χ0) is 11.8. The summed E-state index contributed by atoms with van der Waals surface area (Å²) < 4.78 is 0. The number of carbonyl (C=O) groups excluding carboxylic acids is 2. The molecule has 0 aromatic heterocycles. The lowest BCUT2D eigenvalue weighted by molar-refractivity contribution is -0.121. The third-order valence-corrected chi connectivity index (χ3v) is 3.15. The molecule has 3 N–H and O–H groups in total. The first-order valence-electron chi connectivity index (χ1n) is 5.67. The van der Waals surface area contributed by atoms with Crippen molar-refractivity contribution in [2.45, 2.75) is 6.42 Å². The van der Waals surface area contributed by atoms with Gasteiger partial charge in [0, 0.05) is 24.5 Å². The second-order valence-corrected chi connectivity index (χ2v) is 4.44. The Labute approximate surface area is 98.6 Å². The molecule has 0 saturated carbocycles. The van der Waals surface area contributed by atoms with Crippen molar-refractivity contribution >= 4 is 23.2 Å². The van der Waals surface area contributed by atoms with Gasteiger partial charge in [-0.15, -0.1) is 0 Å². The maximum absolute atomic E-state index is 11.7. The SMILES string of the molecule is O=C1Cc2cc(NC(=O)C3CNC3)ccc2N1. The molecule has 0 atom stereocenters. The van der Waals surface area contributed by atoms with E-state index in [9.17, 15) is 9.59 Å². The van der Waals surface area contributed by atoms with Crippen LogP contribution in [0.15, 0.2) is 18.2 Å². The van der Waals surface area contributed by atoms with Crippen LogP contribution in [0.2, 0.25) is 0 Å². The molecule has 0 unspecified atom stereocenters. The fraction of sp³-hybridized carbons (Fsp3) is 0.333. The van der Waals surface area contributed by atoms with E-state index in [1.807, 2.05) is 18.2 Å². The maximum Gasteiger partial charge on any atom is 0.230 e. The molecule has 1 fully saturated rings. The minimum absolute atomic E-state index is 0.00618. The van der Waals surface area contributed by atoms with Gasteiger partial charge in [0.05, 0.1) is 12.3 Å². The number of amides is 2. The number of hydrogen-bond acceptors (Lipinski definition) is 3. The minimum Gasteiger partial charge on any atom is -0.326 e. The molecule has 5 nitrogen and oxygen atoms in total. The Kier molecular flexibility index (Phi) is 2.33. The van der Waals surface area contributed by atoms with Crippen molar-refractivity contribution in [2.24, 2.45) is 5.92 Å². The van der Waals surface area contributed by atoms with Gasteiger partial charge in [-0.25, -0.2) is 0 Å². The summed E-state index contributed by atoms with van der Waals surface area (Å²) >= 11 is 0. The van der Waals surface area contributed by atoms with Crippen molar-refractivity contribution in [3.05, 3.63) is 23.8 Å². The van der Waals surface area contributed by atoms with Crippen LogP contribution in [0.1, 0.15) is 5.56 Å². The Hall–Kier alpha value is -1.88. The molecular formula is C12H13N3O2. The first-order chi connectivity index (χ1) is 8.22. The van der Waals surface area contributed by atoms with Gasteiger partial charge in [0.15, 0.2) is 0 Å². The van der Waals surface area contributed by atoms with Crippen LogP contribution in [-0.2, 0) is 16.0 Å². The third kappa shape index (κ3) is 1.89. The zero-order valence-corrected chi connectivity index (χ0v) is 9.25. The van der Waals surface area contributed by atoms with Crippen molar-refractivity contribution in [2.75, 3.05) is 23.7 Å². The number of rotatable bonds is 2. The monoisotopic (exact) mass is 231 g/mol. The average molecular weight is 231 g/mol. The molecule has 2 aliphatic heterocycles. The second-order valence-electron chi connectivity index (χ2n) is 4.44. The zero-order valence-electron chi connectivity index (χ0n) is 9.25. The summed E-state index contributed by atoms with van der Waals surface area (Å²) in [5, 5.41) is 8.69. The molecule has 2 aliphatic rings. The molecule has 88 valence electrons. The van der Waals surface area contributed by atoms with Gasteiger partial charge in [-0.1, -0.05) is 0 Å². The van der Waals surface area contributed by atoms with E-state index in [0.29, 0.717) is 6.42 Å². The number of hydrogen-bond donors (Lipinski definition) is 3. The second kappa shape index (κ2) is 3.85. The highest BCUT2D eigenvalue weighted by Gasteiger charge is 2.25. The third-order valence-electron chi connectivity index (χ3n) is 3.15. The van der Waals surface area contributed by atoms with Crippen molar-refractivity contribution in [1.82, 2.24) is 5.32 Å². The average Bonchev–Trinajstić information content (AvgIpc) is 2.54. The van der Waals surface area contributed by atoms with Crippen LogP contribution in [0, 0.1) is 5.92 Å². The molecular weight excluding hydrogens is 218 g/mol. The normalized spacial score (nSPS) is 18.2. The molecule has 1 saturated heterocycles. The van der Waals surface area contributed by atoms with Gasteiger partial charge in [0.2, 0.25) is 11.8 Å². The lowest BCUT2D eigenvalue weighted by Gasteiger charge is -2.25. The Morgan fingerprint density at radius 1 is 1.35 bits per heavy atom. The van der Waals surface area contributed by atoms with Gasteiger partial charge in [-0.05, 0) is 23.8 Å². The van der Waals surface area contributed by atoms with Gasteiger partial charge in [-0.2, -0.15) is 0 Å². The molecule has 1 aromatic rings. The summed E-state index contributed by atoms with van der Waals surface area (Å²) in [4.78, 5) is 22.9. The van der Waals surface area contributed by atoms with Crippen molar-refractivity contribution < 1.29 is 9.59 Å².